The first-order valence-electron chi connectivity index (χ1n) is 26.9. The van der Waals surface area contributed by atoms with Gasteiger partial charge in [-0.3, -0.25) is 0 Å². The molecular weight excluding hydrogens is 977 g/mol. The van der Waals surface area contributed by atoms with E-state index in [-0.39, 0.29) is 35.2 Å². The Morgan fingerprint density at radius 2 is 1.19 bits per heavy atom. The van der Waals surface area contributed by atoms with Crippen LogP contribution in [0.25, 0.3) is 0 Å². The van der Waals surface area contributed by atoms with Gasteiger partial charge in [0.25, 0.3) is 0 Å². The summed E-state index contributed by atoms with van der Waals surface area (Å²) >= 11 is 0. The normalized spacial score (nSPS) is 50.5. The summed E-state index contributed by atoms with van der Waals surface area (Å²) in [5.74, 6) is 1.55. The third-order valence-corrected chi connectivity index (χ3v) is 18.9. The number of allylic oxidation sites excluding steroid dienone is 2. The van der Waals surface area contributed by atoms with Crippen molar-refractivity contribution >= 4 is 0 Å². The van der Waals surface area contributed by atoms with Gasteiger partial charge in [-0.2, -0.15) is 0 Å². The van der Waals surface area contributed by atoms with Crippen molar-refractivity contribution in [2.45, 2.75) is 221 Å². The Kier molecular flexibility index (Phi) is 19.2. The zero-order chi connectivity index (χ0) is 53.7. The maximum Gasteiger partial charge on any atom is 0.187 e. The minimum atomic E-state index is -1.94. The molecule has 0 aromatic carbocycles. The van der Waals surface area contributed by atoms with E-state index in [2.05, 4.69) is 40.7 Å². The average Bonchev–Trinajstić information content (AvgIpc) is 3.66. The second-order valence-corrected chi connectivity index (χ2v) is 23.5. The van der Waals surface area contributed by atoms with E-state index in [1.54, 1.807) is 0 Å². The highest BCUT2D eigenvalue weighted by atomic mass is 16.8. The molecule has 7 fully saturated rings. The molecule has 4 aliphatic heterocycles. The van der Waals surface area contributed by atoms with E-state index in [0.717, 1.165) is 44.9 Å². The smallest absolute Gasteiger partial charge is 0.187 e. The number of ether oxygens (including phenoxy) is 8. The minimum Gasteiger partial charge on any atom is -0.394 e. The Morgan fingerprint density at radius 1 is 0.622 bits per heavy atom. The molecule has 74 heavy (non-hydrogen) atoms. The van der Waals surface area contributed by atoms with E-state index in [1.807, 2.05) is 6.08 Å². The van der Waals surface area contributed by atoms with Crippen molar-refractivity contribution in [1.29, 1.82) is 0 Å². The second kappa shape index (κ2) is 24.1. The van der Waals surface area contributed by atoms with Gasteiger partial charge in [0.05, 0.1) is 45.2 Å². The van der Waals surface area contributed by atoms with Crippen molar-refractivity contribution in [2.75, 3.05) is 33.0 Å². The van der Waals surface area contributed by atoms with Crippen LogP contribution < -0.4 is 0 Å². The first-order valence-corrected chi connectivity index (χ1v) is 26.9. The molecule has 0 aromatic rings. The summed E-state index contributed by atoms with van der Waals surface area (Å²) in [6, 6.07) is 0. The number of aliphatic hydroxyl groups is 14. The lowest BCUT2D eigenvalue weighted by Crippen LogP contribution is -2.67. The highest BCUT2D eigenvalue weighted by Crippen LogP contribution is 2.67. The van der Waals surface area contributed by atoms with Gasteiger partial charge in [0.2, 0.25) is 0 Å². The van der Waals surface area contributed by atoms with Gasteiger partial charge < -0.3 is 109 Å². The number of hydrogen-bond donors (Lipinski definition) is 14. The maximum atomic E-state index is 12.3. The zero-order valence-electron chi connectivity index (χ0n) is 43.2. The quantitative estimate of drug-likeness (QED) is 0.0689. The van der Waals surface area contributed by atoms with Crippen molar-refractivity contribution in [3.63, 3.8) is 0 Å². The zero-order valence-corrected chi connectivity index (χ0v) is 43.2. The van der Waals surface area contributed by atoms with Crippen molar-refractivity contribution < 1.29 is 109 Å². The third-order valence-electron chi connectivity index (χ3n) is 18.9. The number of rotatable bonds is 17. The summed E-state index contributed by atoms with van der Waals surface area (Å²) in [6.07, 6.45) is -22.1. The number of hydrogen-bond acceptors (Lipinski definition) is 22. The van der Waals surface area contributed by atoms with Crippen molar-refractivity contribution in [3.05, 3.63) is 23.3 Å². The van der Waals surface area contributed by atoms with Crippen LogP contribution in [0, 0.1) is 46.3 Å². The molecule has 6 unspecified atom stereocenters. The van der Waals surface area contributed by atoms with Gasteiger partial charge in [0.1, 0.15) is 91.6 Å². The molecule has 4 heterocycles. The van der Waals surface area contributed by atoms with Crippen molar-refractivity contribution in [1.82, 2.24) is 0 Å². The summed E-state index contributed by atoms with van der Waals surface area (Å²) in [4.78, 5) is 0. The Morgan fingerprint density at radius 3 is 1.78 bits per heavy atom. The van der Waals surface area contributed by atoms with Crippen molar-refractivity contribution in [3.8, 4) is 0 Å². The van der Waals surface area contributed by atoms with Crippen LogP contribution >= 0.6 is 0 Å². The Hall–Kier alpha value is -1.40. The minimum absolute atomic E-state index is 0.0305. The SMILES string of the molecule is CC(C)/C(=C\CO)CC[C@@H](C)[C@H]1C[C@@H](O)[C@H]2C3=CCC4C[C@@H](O[C@@H]5O[C@H](CO)[C@@H](O[C@@H]6O[C@H](CO)[C@H](O)[C@H](O)[C@H]6O)[C@H](O[C@@H]6OC[C@@H](O)[C@@H](O)[C@@H]6OC6OC(CO)C(O)C(O)C6O)[C@H]5O)CC[C@]4(C)[C@H]3CC[C@]12C. The Labute approximate surface area is 432 Å². The topological polar surface area (TPSA) is 357 Å². The summed E-state index contributed by atoms with van der Waals surface area (Å²) in [7, 11) is 0. The standard InChI is InChI=1S/C52H86O22/c1-22(2)24(12-15-53)7-6-23(3)29-17-30(57)35-27-9-8-25-16-26(10-13-51(25,4)28(27)11-14-52(29,35)5)68-49-43(66)45(44(34(20-56)71-49)72-47-41(64)39(62)37(60)32(18-54)69-47)73-50-46(36(59)31(58)21-67-50)74-48-42(65)40(63)38(61)33(19-55)70-48/h9,12,22-23,25-26,28-50,53-66H,6-8,10-11,13-21H2,1-5H3/b24-12-/t23-,25?,26+,28+,29-,30-,31-,32-,33?,34-,35-,36-,37+,38?,39+,40?,41-,42?,43-,44-,45-,46+,47+,48?,49-,50+,51+,52-/m1/s1. The lowest BCUT2D eigenvalue weighted by atomic mass is 9.47. The van der Waals surface area contributed by atoms with Crippen LogP contribution in [0.1, 0.15) is 92.4 Å². The molecule has 8 aliphatic rings. The molecule has 426 valence electrons. The fourth-order valence-corrected chi connectivity index (χ4v) is 14.4. The molecule has 3 saturated carbocycles. The molecule has 0 aromatic heterocycles. The first kappa shape index (κ1) is 58.7. The monoisotopic (exact) mass is 1060 g/mol. The molecule has 22 nitrogen and oxygen atoms in total. The molecular formula is C52H86O22. The number of fused-ring (bicyclic) bond motifs is 5. The highest BCUT2D eigenvalue weighted by Gasteiger charge is 2.62. The molecule has 4 saturated heterocycles. The fraction of sp³-hybridized carbons (Fsp3) is 0.923. The predicted octanol–water partition coefficient (Wildman–Crippen LogP) is -2.18. The van der Waals surface area contributed by atoms with Gasteiger partial charge in [0.15, 0.2) is 25.2 Å². The maximum absolute atomic E-state index is 12.3. The molecule has 0 bridgehead atoms. The van der Waals surface area contributed by atoms with E-state index in [4.69, 9.17) is 37.9 Å². The molecule has 22 heteroatoms. The van der Waals surface area contributed by atoms with Crippen LogP contribution in [0.2, 0.25) is 0 Å². The molecule has 4 aliphatic carbocycles. The fourth-order valence-electron chi connectivity index (χ4n) is 14.4. The highest BCUT2D eigenvalue weighted by molar-refractivity contribution is 5.29. The van der Waals surface area contributed by atoms with Gasteiger partial charge in [-0.1, -0.05) is 57.9 Å². The Bertz CT molecular complexity index is 1890. The van der Waals surface area contributed by atoms with Crippen LogP contribution in [-0.2, 0) is 37.9 Å². The molecule has 0 spiro atoms. The van der Waals surface area contributed by atoms with E-state index < -0.39 is 155 Å². The summed E-state index contributed by atoms with van der Waals surface area (Å²) in [5.41, 5.74) is 2.45. The van der Waals surface area contributed by atoms with Crippen LogP contribution in [0.4, 0.5) is 0 Å². The average molecular weight is 1060 g/mol. The summed E-state index contributed by atoms with van der Waals surface area (Å²) < 4.78 is 48.2. The van der Waals surface area contributed by atoms with Gasteiger partial charge in [-0.05, 0) is 98.2 Å². The largest absolute Gasteiger partial charge is 0.394 e. The molecule has 0 radical (unpaired) electrons. The summed E-state index contributed by atoms with van der Waals surface area (Å²) in [6.45, 7) is 8.42. The molecule has 14 N–H and O–H groups in total. The van der Waals surface area contributed by atoms with Gasteiger partial charge in [0, 0.05) is 5.92 Å². The third kappa shape index (κ3) is 11.2. The van der Waals surface area contributed by atoms with Gasteiger partial charge >= 0.3 is 0 Å². The van der Waals surface area contributed by atoms with Crippen LogP contribution in [0.5, 0.6) is 0 Å². The second-order valence-electron chi connectivity index (χ2n) is 23.5. The molecule has 0 amide bonds. The van der Waals surface area contributed by atoms with E-state index in [9.17, 15) is 71.5 Å². The first-order chi connectivity index (χ1) is 35.1. The van der Waals surface area contributed by atoms with Crippen LogP contribution in [0.3, 0.4) is 0 Å². The molecule has 8 rings (SSSR count). The lowest BCUT2D eigenvalue weighted by molar-refractivity contribution is -0.397. The Balaban J connectivity index is 1.01. The van der Waals surface area contributed by atoms with Crippen LogP contribution in [0.15, 0.2) is 23.3 Å². The molecule has 28 atom stereocenters. The lowest BCUT2D eigenvalue weighted by Gasteiger charge is -2.58. The predicted molar refractivity (Wildman–Crippen MR) is 256 cm³/mol. The van der Waals surface area contributed by atoms with E-state index in [0.29, 0.717) is 30.6 Å². The summed E-state index contributed by atoms with van der Waals surface area (Å²) in [5, 5.41) is 150. The van der Waals surface area contributed by atoms with E-state index in [1.165, 1.54) is 11.1 Å². The van der Waals surface area contributed by atoms with Crippen LogP contribution in [-0.4, -0.2) is 233 Å². The van der Waals surface area contributed by atoms with Crippen molar-refractivity contribution in [2.24, 2.45) is 46.3 Å². The van der Waals surface area contributed by atoms with E-state index >= 15 is 0 Å². The van der Waals surface area contributed by atoms with Gasteiger partial charge in [-0.25, -0.2) is 0 Å². The van der Waals surface area contributed by atoms with Gasteiger partial charge in [-0.15, -0.1) is 0 Å². The number of aliphatic hydroxyl groups excluding tert-OH is 14.